The molecule has 18 heavy (non-hydrogen) atoms. The summed E-state index contributed by atoms with van der Waals surface area (Å²) >= 11 is 0. The molecule has 96 valence electrons. The number of aromatic nitrogens is 1. The molecule has 2 aromatic rings. The average Bonchev–Trinajstić information content (AvgIpc) is 2.75. The number of hydrogen-bond acceptors (Lipinski definition) is 1. The van der Waals surface area contributed by atoms with Crippen LogP contribution in [0.25, 0.3) is 10.9 Å². The highest BCUT2D eigenvalue weighted by atomic mass is 14.7. The van der Waals surface area contributed by atoms with Crippen molar-refractivity contribution >= 4 is 10.9 Å². The van der Waals surface area contributed by atoms with Crippen LogP contribution in [-0.2, 0) is 6.42 Å². The summed E-state index contributed by atoms with van der Waals surface area (Å²) in [5, 5.41) is 1.38. The second-order valence-corrected chi connectivity index (χ2v) is 5.78. The molecule has 1 saturated carbocycles. The first-order valence-electron chi connectivity index (χ1n) is 7.06. The van der Waals surface area contributed by atoms with Gasteiger partial charge in [0.2, 0.25) is 0 Å². The van der Waals surface area contributed by atoms with Crippen molar-refractivity contribution in [2.75, 3.05) is 0 Å². The first-order chi connectivity index (χ1) is 8.74. The number of hydrogen-bond donors (Lipinski definition) is 2. The lowest BCUT2D eigenvalue weighted by Gasteiger charge is -2.28. The van der Waals surface area contributed by atoms with E-state index in [0.29, 0.717) is 12.0 Å². The van der Waals surface area contributed by atoms with Gasteiger partial charge in [-0.2, -0.15) is 0 Å². The molecule has 3 N–H and O–H groups in total. The maximum absolute atomic E-state index is 6.26. The van der Waals surface area contributed by atoms with Crippen molar-refractivity contribution in [3.63, 3.8) is 0 Å². The Morgan fingerprint density at radius 3 is 2.94 bits per heavy atom. The van der Waals surface area contributed by atoms with Crippen molar-refractivity contribution in [3.8, 4) is 0 Å². The van der Waals surface area contributed by atoms with Crippen LogP contribution in [0.1, 0.15) is 36.8 Å². The van der Waals surface area contributed by atoms with Crippen LogP contribution >= 0.6 is 0 Å². The SMILES string of the molecule is Cc1ccc2[nH]cc(CC3CCCCC3N)c2c1. The highest BCUT2D eigenvalue weighted by Crippen LogP contribution is 2.29. The van der Waals surface area contributed by atoms with Gasteiger partial charge in [0.25, 0.3) is 0 Å². The predicted octanol–water partition coefficient (Wildman–Crippen LogP) is 3.54. The topological polar surface area (TPSA) is 41.8 Å². The summed E-state index contributed by atoms with van der Waals surface area (Å²) in [6, 6.07) is 7.02. The standard InChI is InChI=1S/C16H22N2/c1-11-6-7-16-14(8-11)13(10-18-16)9-12-4-2-3-5-15(12)17/h6-8,10,12,15,18H,2-5,9,17H2,1H3. The number of nitrogens with one attached hydrogen (secondary N) is 1. The predicted molar refractivity (Wildman–Crippen MR) is 76.7 cm³/mol. The van der Waals surface area contributed by atoms with Crippen LogP contribution in [0.4, 0.5) is 0 Å². The molecule has 2 atom stereocenters. The molecule has 2 unspecified atom stereocenters. The highest BCUT2D eigenvalue weighted by Gasteiger charge is 2.22. The molecule has 1 fully saturated rings. The quantitative estimate of drug-likeness (QED) is 0.831. The minimum atomic E-state index is 0.397. The number of aryl methyl sites for hydroxylation is 1. The van der Waals surface area contributed by atoms with Gasteiger partial charge in [-0.15, -0.1) is 0 Å². The van der Waals surface area contributed by atoms with Crippen LogP contribution in [0.3, 0.4) is 0 Å². The van der Waals surface area contributed by atoms with E-state index in [1.807, 2.05) is 0 Å². The fourth-order valence-electron chi connectivity index (χ4n) is 3.23. The third-order valence-electron chi connectivity index (χ3n) is 4.37. The molecule has 1 aromatic heterocycles. The van der Waals surface area contributed by atoms with E-state index in [9.17, 15) is 0 Å². The summed E-state index contributed by atoms with van der Waals surface area (Å²) in [6.45, 7) is 2.16. The Kier molecular flexibility index (Phi) is 3.13. The number of aromatic amines is 1. The van der Waals surface area contributed by atoms with Gasteiger partial charge in [0.05, 0.1) is 0 Å². The van der Waals surface area contributed by atoms with Crippen LogP contribution in [-0.4, -0.2) is 11.0 Å². The Balaban J connectivity index is 1.87. The lowest BCUT2D eigenvalue weighted by atomic mass is 9.81. The molecule has 2 nitrogen and oxygen atoms in total. The van der Waals surface area contributed by atoms with Gasteiger partial charge in [0, 0.05) is 23.1 Å². The summed E-state index contributed by atoms with van der Waals surface area (Å²) in [5.74, 6) is 0.665. The van der Waals surface area contributed by atoms with Crippen LogP contribution in [0.2, 0.25) is 0 Å². The molecule has 0 spiro atoms. The van der Waals surface area contributed by atoms with Gasteiger partial charge in [0.1, 0.15) is 0 Å². The molecule has 2 heteroatoms. The Bertz CT molecular complexity index is 541. The lowest BCUT2D eigenvalue weighted by Crippen LogP contribution is -2.34. The Morgan fingerprint density at radius 2 is 2.11 bits per heavy atom. The monoisotopic (exact) mass is 242 g/mol. The van der Waals surface area contributed by atoms with Crippen LogP contribution in [0, 0.1) is 12.8 Å². The molecule has 1 heterocycles. The zero-order chi connectivity index (χ0) is 12.5. The van der Waals surface area contributed by atoms with E-state index in [0.717, 1.165) is 6.42 Å². The van der Waals surface area contributed by atoms with Gasteiger partial charge in [-0.3, -0.25) is 0 Å². The van der Waals surface area contributed by atoms with Crippen LogP contribution in [0.5, 0.6) is 0 Å². The molecule has 0 aliphatic heterocycles. The van der Waals surface area contributed by atoms with Gasteiger partial charge in [-0.05, 0) is 49.8 Å². The van der Waals surface area contributed by atoms with Gasteiger partial charge >= 0.3 is 0 Å². The molecule has 0 amide bonds. The Hall–Kier alpha value is -1.28. The molecule has 0 radical (unpaired) electrons. The van der Waals surface area contributed by atoms with Gasteiger partial charge < -0.3 is 10.7 Å². The minimum absolute atomic E-state index is 0.397. The van der Waals surface area contributed by atoms with Crippen molar-refractivity contribution < 1.29 is 0 Å². The van der Waals surface area contributed by atoms with Crippen molar-refractivity contribution in [3.05, 3.63) is 35.5 Å². The Morgan fingerprint density at radius 1 is 1.28 bits per heavy atom. The molecular weight excluding hydrogens is 220 g/mol. The summed E-state index contributed by atoms with van der Waals surface area (Å²) in [6.07, 6.45) is 8.45. The van der Waals surface area contributed by atoms with Crippen molar-refractivity contribution in [1.82, 2.24) is 4.98 Å². The largest absolute Gasteiger partial charge is 0.361 e. The summed E-state index contributed by atoms with van der Waals surface area (Å²) in [4.78, 5) is 3.38. The first-order valence-corrected chi connectivity index (χ1v) is 7.06. The number of benzene rings is 1. The molecule has 0 saturated heterocycles. The van der Waals surface area contributed by atoms with E-state index < -0.39 is 0 Å². The van der Waals surface area contributed by atoms with E-state index in [4.69, 9.17) is 5.73 Å². The normalized spacial score (nSPS) is 24.6. The smallest absolute Gasteiger partial charge is 0.0456 e. The number of H-pyrrole nitrogens is 1. The minimum Gasteiger partial charge on any atom is -0.361 e. The molecule has 0 bridgehead atoms. The van der Waals surface area contributed by atoms with Crippen molar-refractivity contribution in [1.29, 1.82) is 0 Å². The van der Waals surface area contributed by atoms with Crippen molar-refractivity contribution in [2.24, 2.45) is 11.7 Å². The first kappa shape index (κ1) is 11.8. The Labute approximate surface area is 109 Å². The maximum Gasteiger partial charge on any atom is 0.0456 e. The van der Waals surface area contributed by atoms with Gasteiger partial charge in [-0.25, -0.2) is 0 Å². The van der Waals surface area contributed by atoms with Gasteiger partial charge in [-0.1, -0.05) is 24.5 Å². The van der Waals surface area contributed by atoms with E-state index in [2.05, 4.69) is 36.3 Å². The zero-order valence-corrected chi connectivity index (χ0v) is 11.1. The average molecular weight is 242 g/mol. The summed E-state index contributed by atoms with van der Waals surface area (Å²) in [5.41, 5.74) is 10.3. The number of fused-ring (bicyclic) bond motifs is 1. The van der Waals surface area contributed by atoms with E-state index in [1.165, 1.54) is 47.7 Å². The highest BCUT2D eigenvalue weighted by molar-refractivity contribution is 5.83. The van der Waals surface area contributed by atoms with Gasteiger partial charge in [0.15, 0.2) is 0 Å². The van der Waals surface area contributed by atoms with Crippen LogP contribution < -0.4 is 5.73 Å². The molecule has 1 aromatic carbocycles. The summed E-state index contributed by atoms with van der Waals surface area (Å²) in [7, 11) is 0. The lowest BCUT2D eigenvalue weighted by molar-refractivity contribution is 0.307. The third-order valence-corrected chi connectivity index (χ3v) is 4.37. The molecule has 3 rings (SSSR count). The fraction of sp³-hybridized carbons (Fsp3) is 0.500. The zero-order valence-electron chi connectivity index (χ0n) is 11.1. The van der Waals surface area contributed by atoms with E-state index in [-0.39, 0.29) is 0 Å². The molecule has 1 aliphatic carbocycles. The maximum atomic E-state index is 6.26. The second kappa shape index (κ2) is 4.77. The van der Waals surface area contributed by atoms with E-state index >= 15 is 0 Å². The van der Waals surface area contributed by atoms with E-state index in [1.54, 1.807) is 0 Å². The van der Waals surface area contributed by atoms with Crippen LogP contribution in [0.15, 0.2) is 24.4 Å². The second-order valence-electron chi connectivity index (χ2n) is 5.78. The molecule has 1 aliphatic rings. The number of nitrogens with two attached hydrogens (primary N) is 1. The number of rotatable bonds is 2. The molecular formula is C16H22N2. The van der Waals surface area contributed by atoms with Crippen molar-refractivity contribution in [2.45, 2.75) is 45.1 Å². The summed E-state index contributed by atoms with van der Waals surface area (Å²) < 4.78 is 0. The fourth-order valence-corrected chi connectivity index (χ4v) is 3.23. The third kappa shape index (κ3) is 2.17.